The molecule has 0 saturated heterocycles. The standard InChI is InChI=1S/C17H11ClF2N2O4/c18-11-4-5-14-21-12(7-15(23)22(14)8-11)9-25-16(24)10-2-1-3-13(6-10)26-17(19)20/h1-8,17H,9H2. The van der Waals surface area contributed by atoms with Crippen LogP contribution in [0, 0.1) is 0 Å². The topological polar surface area (TPSA) is 69.9 Å². The van der Waals surface area contributed by atoms with E-state index in [1.165, 1.54) is 34.9 Å². The number of ether oxygens (including phenoxy) is 2. The molecule has 0 radical (unpaired) electrons. The van der Waals surface area contributed by atoms with Gasteiger partial charge in [0.1, 0.15) is 18.0 Å². The third kappa shape index (κ3) is 4.15. The van der Waals surface area contributed by atoms with Crippen LogP contribution in [0.25, 0.3) is 5.65 Å². The second kappa shape index (κ2) is 7.49. The molecule has 2 aromatic heterocycles. The van der Waals surface area contributed by atoms with E-state index < -0.39 is 12.6 Å². The van der Waals surface area contributed by atoms with Gasteiger partial charge in [0.2, 0.25) is 0 Å². The maximum Gasteiger partial charge on any atom is 0.387 e. The number of hydrogen-bond donors (Lipinski definition) is 0. The van der Waals surface area contributed by atoms with E-state index in [4.69, 9.17) is 16.3 Å². The Morgan fingerprint density at radius 2 is 2.04 bits per heavy atom. The third-order valence-electron chi connectivity index (χ3n) is 3.32. The fourth-order valence-electron chi connectivity index (χ4n) is 2.22. The van der Waals surface area contributed by atoms with Crippen molar-refractivity contribution in [3.63, 3.8) is 0 Å². The molecular formula is C17H11ClF2N2O4. The van der Waals surface area contributed by atoms with Crippen molar-refractivity contribution in [3.05, 3.63) is 75.3 Å². The highest BCUT2D eigenvalue weighted by molar-refractivity contribution is 6.30. The van der Waals surface area contributed by atoms with Gasteiger partial charge in [-0.3, -0.25) is 9.20 Å². The number of alkyl halides is 2. The summed E-state index contributed by atoms with van der Waals surface area (Å²) in [5.74, 6) is -0.920. The molecule has 0 bridgehead atoms. The highest BCUT2D eigenvalue weighted by Gasteiger charge is 2.12. The van der Waals surface area contributed by atoms with Crippen molar-refractivity contribution < 1.29 is 23.0 Å². The molecule has 0 saturated carbocycles. The predicted molar refractivity (Wildman–Crippen MR) is 88.7 cm³/mol. The first kappa shape index (κ1) is 17.8. The molecule has 0 unspecified atom stereocenters. The number of aromatic nitrogens is 2. The summed E-state index contributed by atoms with van der Waals surface area (Å²) < 4.78 is 35.0. The first-order valence-electron chi connectivity index (χ1n) is 7.32. The summed E-state index contributed by atoms with van der Waals surface area (Å²) in [6.07, 6.45) is 1.43. The summed E-state index contributed by atoms with van der Waals surface area (Å²) in [5, 5.41) is 0.381. The normalized spacial score (nSPS) is 10.9. The Balaban J connectivity index is 1.74. The van der Waals surface area contributed by atoms with E-state index in [9.17, 15) is 18.4 Å². The summed E-state index contributed by atoms with van der Waals surface area (Å²) in [6, 6.07) is 9.56. The monoisotopic (exact) mass is 380 g/mol. The molecule has 134 valence electrons. The van der Waals surface area contributed by atoms with Gasteiger partial charge in [-0.25, -0.2) is 9.78 Å². The maximum absolute atomic E-state index is 12.2. The molecule has 0 N–H and O–H groups in total. The first-order valence-corrected chi connectivity index (χ1v) is 7.70. The van der Waals surface area contributed by atoms with E-state index in [1.54, 1.807) is 12.1 Å². The molecule has 0 atom stereocenters. The van der Waals surface area contributed by atoms with Crippen molar-refractivity contribution in [1.29, 1.82) is 0 Å². The van der Waals surface area contributed by atoms with E-state index in [-0.39, 0.29) is 29.2 Å². The molecule has 3 aromatic rings. The van der Waals surface area contributed by atoms with Gasteiger partial charge in [0.15, 0.2) is 0 Å². The van der Waals surface area contributed by atoms with Crippen LogP contribution in [0.1, 0.15) is 16.1 Å². The average molecular weight is 381 g/mol. The highest BCUT2D eigenvalue weighted by Crippen LogP contribution is 2.17. The van der Waals surface area contributed by atoms with Gasteiger partial charge in [-0.05, 0) is 30.3 Å². The minimum absolute atomic E-state index is 0.0347. The molecule has 26 heavy (non-hydrogen) atoms. The third-order valence-corrected chi connectivity index (χ3v) is 3.55. The number of nitrogens with zero attached hydrogens (tertiary/aromatic N) is 2. The molecule has 0 spiro atoms. The number of carbonyl (C=O) groups is 1. The largest absolute Gasteiger partial charge is 0.456 e. The van der Waals surface area contributed by atoms with E-state index in [2.05, 4.69) is 9.72 Å². The van der Waals surface area contributed by atoms with E-state index in [0.717, 1.165) is 6.07 Å². The van der Waals surface area contributed by atoms with Gasteiger partial charge < -0.3 is 9.47 Å². The summed E-state index contributed by atoms with van der Waals surface area (Å²) in [5.41, 5.74) is 0.245. The molecule has 1 aromatic carbocycles. The maximum atomic E-state index is 12.2. The second-order valence-electron chi connectivity index (χ2n) is 5.14. The van der Waals surface area contributed by atoms with Gasteiger partial charge in [-0.1, -0.05) is 17.7 Å². The molecule has 0 amide bonds. The number of hydrogen-bond acceptors (Lipinski definition) is 5. The van der Waals surface area contributed by atoms with Crippen LogP contribution in [0.15, 0.2) is 53.5 Å². The molecule has 3 rings (SSSR count). The Labute approximate surface area is 150 Å². The van der Waals surface area contributed by atoms with Gasteiger partial charge >= 0.3 is 12.6 Å². The Bertz CT molecular complexity index is 1020. The zero-order valence-corrected chi connectivity index (χ0v) is 13.8. The molecule has 9 heteroatoms. The van der Waals surface area contributed by atoms with Gasteiger partial charge in [-0.2, -0.15) is 8.78 Å². The number of benzene rings is 1. The zero-order chi connectivity index (χ0) is 18.7. The Morgan fingerprint density at radius 1 is 1.23 bits per heavy atom. The lowest BCUT2D eigenvalue weighted by molar-refractivity contribution is -0.0499. The fourth-order valence-corrected chi connectivity index (χ4v) is 2.38. The lowest BCUT2D eigenvalue weighted by Gasteiger charge is -2.08. The number of pyridine rings is 1. The van der Waals surface area contributed by atoms with Crippen LogP contribution in [0.3, 0.4) is 0 Å². The predicted octanol–water partition coefficient (Wildman–Crippen LogP) is 3.31. The van der Waals surface area contributed by atoms with Crippen LogP contribution in [-0.2, 0) is 11.3 Å². The summed E-state index contributed by atoms with van der Waals surface area (Å²) in [4.78, 5) is 28.3. The van der Waals surface area contributed by atoms with Crippen molar-refractivity contribution in [1.82, 2.24) is 9.38 Å². The van der Waals surface area contributed by atoms with E-state index in [1.807, 2.05) is 0 Å². The van der Waals surface area contributed by atoms with Crippen LogP contribution < -0.4 is 10.3 Å². The lowest BCUT2D eigenvalue weighted by Crippen LogP contribution is -2.16. The van der Waals surface area contributed by atoms with Gasteiger partial charge in [0.05, 0.1) is 16.3 Å². The quantitative estimate of drug-likeness (QED) is 0.635. The van der Waals surface area contributed by atoms with Crippen molar-refractivity contribution in [3.8, 4) is 5.75 Å². The molecule has 0 aliphatic rings. The number of esters is 1. The average Bonchev–Trinajstić information content (AvgIpc) is 2.60. The fraction of sp³-hybridized carbons (Fsp3) is 0.118. The summed E-state index contributed by atoms with van der Waals surface area (Å²) in [7, 11) is 0. The number of fused-ring (bicyclic) bond motifs is 1. The minimum atomic E-state index is -3.00. The summed E-state index contributed by atoms with van der Waals surface area (Å²) in [6.45, 7) is -3.25. The summed E-state index contributed by atoms with van der Waals surface area (Å²) >= 11 is 5.83. The Hall–Kier alpha value is -3.00. The minimum Gasteiger partial charge on any atom is -0.456 e. The smallest absolute Gasteiger partial charge is 0.387 e. The first-order chi connectivity index (χ1) is 12.4. The Morgan fingerprint density at radius 3 is 2.81 bits per heavy atom. The van der Waals surface area contributed by atoms with E-state index >= 15 is 0 Å². The van der Waals surface area contributed by atoms with Crippen molar-refractivity contribution >= 4 is 23.2 Å². The molecule has 0 aliphatic heterocycles. The highest BCUT2D eigenvalue weighted by atomic mass is 35.5. The van der Waals surface area contributed by atoms with E-state index in [0.29, 0.717) is 10.7 Å². The molecule has 0 fully saturated rings. The number of halogens is 3. The van der Waals surface area contributed by atoms with Gasteiger partial charge in [0.25, 0.3) is 5.56 Å². The van der Waals surface area contributed by atoms with Crippen molar-refractivity contribution in [2.45, 2.75) is 13.2 Å². The van der Waals surface area contributed by atoms with Crippen molar-refractivity contribution in [2.24, 2.45) is 0 Å². The zero-order valence-electron chi connectivity index (χ0n) is 13.1. The number of carbonyl (C=O) groups excluding carboxylic acids is 1. The number of rotatable bonds is 5. The van der Waals surface area contributed by atoms with Crippen molar-refractivity contribution in [2.75, 3.05) is 0 Å². The van der Waals surface area contributed by atoms with Crippen LogP contribution in [0.2, 0.25) is 5.02 Å². The lowest BCUT2D eigenvalue weighted by atomic mass is 10.2. The van der Waals surface area contributed by atoms with Gasteiger partial charge in [-0.15, -0.1) is 0 Å². The Kier molecular flexibility index (Phi) is 5.13. The van der Waals surface area contributed by atoms with Crippen LogP contribution in [0.5, 0.6) is 5.75 Å². The molecule has 0 aliphatic carbocycles. The molecular weight excluding hydrogens is 370 g/mol. The second-order valence-corrected chi connectivity index (χ2v) is 5.58. The van der Waals surface area contributed by atoms with Crippen LogP contribution in [0.4, 0.5) is 8.78 Å². The van der Waals surface area contributed by atoms with Crippen LogP contribution >= 0.6 is 11.6 Å². The van der Waals surface area contributed by atoms with Gasteiger partial charge in [0, 0.05) is 12.3 Å². The van der Waals surface area contributed by atoms with Crippen LogP contribution in [-0.4, -0.2) is 22.0 Å². The SMILES string of the molecule is O=C(OCc1cc(=O)n2cc(Cl)ccc2n1)c1cccc(OC(F)F)c1. The molecule has 6 nitrogen and oxygen atoms in total. The molecule has 2 heterocycles.